The Labute approximate surface area is 183 Å². The molecule has 2 aliphatic carbocycles. The van der Waals surface area contributed by atoms with Crippen molar-refractivity contribution in [1.29, 1.82) is 0 Å². The molecule has 155 valence electrons. The van der Waals surface area contributed by atoms with Crippen molar-refractivity contribution >= 4 is 12.0 Å². The first-order chi connectivity index (χ1) is 15.2. The number of aliphatic hydroxyl groups is 1. The van der Waals surface area contributed by atoms with Gasteiger partial charge in [-0.2, -0.15) is 0 Å². The average molecular weight is 409 g/mol. The number of hydrogen-bond acceptors (Lipinski definition) is 2. The second-order valence-corrected chi connectivity index (χ2v) is 8.57. The summed E-state index contributed by atoms with van der Waals surface area (Å²) >= 11 is 0. The van der Waals surface area contributed by atoms with Gasteiger partial charge in [-0.3, -0.25) is 4.79 Å². The minimum Gasteiger partial charge on any atom is -0.395 e. The maximum Gasteiger partial charge on any atom is 0.251 e. The van der Waals surface area contributed by atoms with Crippen LogP contribution in [0.5, 0.6) is 0 Å². The molecule has 2 N–H and O–H groups in total. The summed E-state index contributed by atoms with van der Waals surface area (Å²) in [5.74, 6) is -0.149. The third-order valence-corrected chi connectivity index (χ3v) is 6.53. The van der Waals surface area contributed by atoms with E-state index in [9.17, 15) is 4.79 Å². The van der Waals surface area contributed by atoms with Crippen molar-refractivity contribution < 1.29 is 9.90 Å². The van der Waals surface area contributed by atoms with Crippen LogP contribution in [0, 0.1) is 11.8 Å². The third-order valence-electron chi connectivity index (χ3n) is 6.53. The number of allylic oxidation sites excluding steroid dienone is 1. The predicted octanol–water partition coefficient (Wildman–Crippen LogP) is 4.39. The highest BCUT2D eigenvalue weighted by atomic mass is 16.3. The van der Waals surface area contributed by atoms with E-state index in [1.807, 2.05) is 12.1 Å². The molecule has 0 saturated carbocycles. The van der Waals surface area contributed by atoms with Crippen molar-refractivity contribution in [2.45, 2.75) is 19.3 Å². The molecule has 0 bridgehead atoms. The molecule has 0 saturated heterocycles. The molecule has 31 heavy (non-hydrogen) atoms. The van der Waals surface area contributed by atoms with Crippen LogP contribution in [0.15, 0.2) is 78.4 Å². The van der Waals surface area contributed by atoms with E-state index in [1.54, 1.807) is 0 Å². The molecular weight excluding hydrogens is 382 g/mol. The molecular formula is C28H26NO2. The molecule has 0 heterocycles. The number of carbonyl (C=O) groups is 1. The highest BCUT2D eigenvalue weighted by Crippen LogP contribution is 2.50. The Hall–Kier alpha value is -3.17. The van der Waals surface area contributed by atoms with E-state index >= 15 is 0 Å². The predicted molar refractivity (Wildman–Crippen MR) is 124 cm³/mol. The molecule has 3 aromatic carbocycles. The lowest BCUT2D eigenvalue weighted by molar-refractivity contribution is 0.0945. The lowest BCUT2D eigenvalue weighted by atomic mass is 9.72. The fourth-order valence-electron chi connectivity index (χ4n) is 4.97. The summed E-state index contributed by atoms with van der Waals surface area (Å²) in [6, 6.07) is 25.3. The van der Waals surface area contributed by atoms with Gasteiger partial charge in [-0.25, -0.2) is 0 Å². The molecule has 3 nitrogen and oxygen atoms in total. The summed E-state index contributed by atoms with van der Waals surface area (Å²) in [5, 5.41) is 11.6. The van der Waals surface area contributed by atoms with Gasteiger partial charge in [-0.1, -0.05) is 72.3 Å². The summed E-state index contributed by atoms with van der Waals surface area (Å²) in [6.45, 7) is 0.214. The van der Waals surface area contributed by atoms with Crippen molar-refractivity contribution in [3.63, 3.8) is 0 Å². The molecule has 0 aliphatic heterocycles. The number of amides is 1. The molecule has 2 aliphatic rings. The quantitative estimate of drug-likeness (QED) is 0.636. The van der Waals surface area contributed by atoms with Crippen LogP contribution in [0.1, 0.15) is 38.2 Å². The molecule has 1 radical (unpaired) electrons. The molecule has 5 rings (SSSR count). The largest absolute Gasteiger partial charge is 0.395 e. The van der Waals surface area contributed by atoms with Crippen LogP contribution in [0.25, 0.3) is 6.08 Å². The average Bonchev–Trinajstić information content (AvgIpc) is 3.40. The van der Waals surface area contributed by atoms with Gasteiger partial charge in [0.1, 0.15) is 0 Å². The summed E-state index contributed by atoms with van der Waals surface area (Å²) in [6.07, 6.45) is 7.74. The van der Waals surface area contributed by atoms with Gasteiger partial charge in [0.25, 0.3) is 5.91 Å². The second kappa shape index (κ2) is 8.16. The fraction of sp³-hybridized carbons (Fsp3) is 0.214. The van der Waals surface area contributed by atoms with Gasteiger partial charge in [0.15, 0.2) is 0 Å². The molecule has 0 unspecified atom stereocenters. The molecule has 3 heteroatoms. The van der Waals surface area contributed by atoms with Crippen LogP contribution in [-0.4, -0.2) is 24.2 Å². The molecule has 0 spiro atoms. The van der Waals surface area contributed by atoms with Crippen molar-refractivity contribution in [2.75, 3.05) is 13.2 Å². The van der Waals surface area contributed by atoms with Crippen LogP contribution in [-0.2, 0) is 19.3 Å². The van der Waals surface area contributed by atoms with E-state index in [-0.39, 0.29) is 24.5 Å². The Morgan fingerprint density at radius 1 is 0.903 bits per heavy atom. The number of benzene rings is 3. The number of nitrogens with one attached hydrogen (secondary N) is 1. The van der Waals surface area contributed by atoms with E-state index in [2.05, 4.69) is 78.5 Å². The first-order valence-corrected chi connectivity index (χ1v) is 10.9. The van der Waals surface area contributed by atoms with E-state index in [0.29, 0.717) is 5.56 Å². The van der Waals surface area contributed by atoms with Gasteiger partial charge in [-0.15, -0.1) is 0 Å². The van der Waals surface area contributed by atoms with Gasteiger partial charge in [0, 0.05) is 23.9 Å². The maximum atomic E-state index is 12.2. The topological polar surface area (TPSA) is 49.3 Å². The van der Waals surface area contributed by atoms with E-state index in [0.717, 1.165) is 19.3 Å². The highest BCUT2D eigenvalue weighted by molar-refractivity contribution is 5.94. The van der Waals surface area contributed by atoms with Crippen LogP contribution in [0.3, 0.4) is 0 Å². The van der Waals surface area contributed by atoms with Crippen LogP contribution >= 0.6 is 0 Å². The lowest BCUT2D eigenvalue weighted by Gasteiger charge is -2.31. The summed E-state index contributed by atoms with van der Waals surface area (Å²) in [7, 11) is 0. The summed E-state index contributed by atoms with van der Waals surface area (Å²) in [5.41, 5.74) is 8.73. The lowest BCUT2D eigenvalue weighted by Crippen LogP contribution is -2.27. The normalized spacial score (nSPS) is 15.8. The zero-order valence-electron chi connectivity index (χ0n) is 17.5. The highest BCUT2D eigenvalue weighted by Gasteiger charge is 2.41. The van der Waals surface area contributed by atoms with Crippen molar-refractivity contribution in [1.82, 2.24) is 5.32 Å². The fourth-order valence-corrected chi connectivity index (χ4v) is 4.97. The summed E-state index contributed by atoms with van der Waals surface area (Å²) in [4.78, 5) is 12.2. The number of rotatable bonds is 6. The number of fused-ring (bicyclic) bond motifs is 2. The minimum atomic E-state index is -0.149. The SMILES string of the molecule is O=C(NCCO)c1ccc(C[C@]2(C3=Cc4ccccc4C3)[CH]c3ccccc3C2)cc1. The first-order valence-electron chi connectivity index (χ1n) is 10.9. The Morgan fingerprint density at radius 3 is 2.32 bits per heavy atom. The Bertz CT molecular complexity index is 1120. The smallest absolute Gasteiger partial charge is 0.251 e. The third kappa shape index (κ3) is 3.82. The molecule has 1 atom stereocenters. The van der Waals surface area contributed by atoms with Gasteiger partial charge in [0.2, 0.25) is 0 Å². The van der Waals surface area contributed by atoms with Crippen molar-refractivity contribution in [2.24, 2.45) is 5.41 Å². The van der Waals surface area contributed by atoms with Gasteiger partial charge < -0.3 is 10.4 Å². The van der Waals surface area contributed by atoms with Crippen LogP contribution in [0.4, 0.5) is 0 Å². The first kappa shape index (κ1) is 19.8. The Kier molecular flexibility index (Phi) is 5.21. The van der Waals surface area contributed by atoms with E-state index in [1.165, 1.54) is 33.4 Å². The van der Waals surface area contributed by atoms with Gasteiger partial charge >= 0.3 is 0 Å². The molecule has 1 amide bonds. The Balaban J connectivity index is 1.44. The monoisotopic (exact) mass is 408 g/mol. The summed E-state index contributed by atoms with van der Waals surface area (Å²) < 4.78 is 0. The van der Waals surface area contributed by atoms with E-state index in [4.69, 9.17) is 5.11 Å². The zero-order chi connectivity index (χ0) is 21.3. The number of aliphatic hydroxyl groups excluding tert-OH is 1. The molecule has 0 aromatic heterocycles. The van der Waals surface area contributed by atoms with E-state index < -0.39 is 0 Å². The van der Waals surface area contributed by atoms with Crippen LogP contribution < -0.4 is 5.32 Å². The second-order valence-electron chi connectivity index (χ2n) is 8.57. The zero-order valence-corrected chi connectivity index (χ0v) is 17.5. The molecule has 3 aromatic rings. The van der Waals surface area contributed by atoms with Crippen LogP contribution in [0.2, 0.25) is 0 Å². The minimum absolute atomic E-state index is 0.0522. The standard InChI is InChI=1S/C28H26NO2/c30-14-13-29-27(31)21-11-9-20(10-12-21)17-28(18-24-7-3-4-8-25(24)19-28)26-15-22-5-1-2-6-23(22)16-26/h1-12,15,18,30H,13-14,16-17,19H2,(H,29,31)/t28-/m0/s1. The Morgan fingerprint density at radius 2 is 1.61 bits per heavy atom. The number of hydrogen-bond donors (Lipinski definition) is 2. The van der Waals surface area contributed by atoms with Crippen molar-refractivity contribution in [3.8, 4) is 0 Å². The van der Waals surface area contributed by atoms with Crippen molar-refractivity contribution in [3.05, 3.63) is 118 Å². The van der Waals surface area contributed by atoms with Gasteiger partial charge in [0.05, 0.1) is 6.61 Å². The van der Waals surface area contributed by atoms with Gasteiger partial charge in [-0.05, 0) is 59.2 Å². The number of carbonyl (C=O) groups excluding carboxylic acids is 1. The maximum absolute atomic E-state index is 12.2. The molecule has 0 fully saturated rings.